The molecule has 172 valence electrons. The SMILES string of the molecule is CN(CCCO)Cc1cc(Cl)cc2c1nc(N1CCNCC1)n2Cc1ccc(F)c(Cl)c1. The number of rotatable bonds is 8. The number of nitrogens with zero attached hydrogens (tertiary/aromatic N) is 4. The average molecular weight is 480 g/mol. The number of aliphatic hydroxyl groups excluding tert-OH is 1. The van der Waals surface area contributed by atoms with Crippen LogP contribution in [0, 0.1) is 5.82 Å². The van der Waals surface area contributed by atoms with E-state index in [1.807, 2.05) is 19.2 Å². The van der Waals surface area contributed by atoms with Crippen molar-refractivity contribution in [1.29, 1.82) is 0 Å². The zero-order chi connectivity index (χ0) is 22.7. The molecular weight excluding hydrogens is 452 g/mol. The lowest BCUT2D eigenvalue weighted by atomic mass is 10.1. The Kier molecular flexibility index (Phi) is 7.53. The molecule has 0 spiro atoms. The molecule has 0 unspecified atom stereocenters. The lowest BCUT2D eigenvalue weighted by molar-refractivity contribution is 0.244. The fraction of sp³-hybridized carbons (Fsp3) is 0.435. The molecule has 1 fully saturated rings. The van der Waals surface area contributed by atoms with Gasteiger partial charge in [-0.2, -0.15) is 0 Å². The van der Waals surface area contributed by atoms with Crippen LogP contribution in [-0.4, -0.2) is 65.9 Å². The highest BCUT2D eigenvalue weighted by molar-refractivity contribution is 6.31. The van der Waals surface area contributed by atoms with E-state index in [9.17, 15) is 4.39 Å². The standard InChI is InChI=1S/C23H28Cl2FN5O/c1-29(7-2-10-32)15-17-12-18(24)13-21-22(17)28-23(30-8-5-27-6-9-30)31(21)14-16-3-4-20(26)19(25)11-16/h3-4,11-13,27,32H,2,5-10,14-15H2,1H3. The minimum Gasteiger partial charge on any atom is -0.396 e. The summed E-state index contributed by atoms with van der Waals surface area (Å²) in [6.45, 7) is 5.63. The molecule has 0 bridgehead atoms. The van der Waals surface area contributed by atoms with Crippen molar-refractivity contribution in [1.82, 2.24) is 19.8 Å². The molecule has 1 aliphatic rings. The Morgan fingerprint density at radius 3 is 2.69 bits per heavy atom. The first kappa shape index (κ1) is 23.3. The van der Waals surface area contributed by atoms with E-state index in [-0.39, 0.29) is 11.6 Å². The van der Waals surface area contributed by atoms with Crippen LogP contribution in [0.4, 0.5) is 10.3 Å². The van der Waals surface area contributed by atoms with E-state index >= 15 is 0 Å². The molecule has 3 aromatic rings. The predicted octanol–water partition coefficient (Wildman–Crippen LogP) is 3.75. The number of nitrogens with one attached hydrogen (secondary N) is 1. The number of benzene rings is 2. The third-order valence-corrected chi connectivity index (χ3v) is 6.25. The van der Waals surface area contributed by atoms with Crippen molar-refractivity contribution < 1.29 is 9.50 Å². The zero-order valence-electron chi connectivity index (χ0n) is 18.1. The van der Waals surface area contributed by atoms with Gasteiger partial charge in [0, 0.05) is 50.9 Å². The molecule has 0 radical (unpaired) electrons. The zero-order valence-corrected chi connectivity index (χ0v) is 19.6. The predicted molar refractivity (Wildman–Crippen MR) is 128 cm³/mol. The smallest absolute Gasteiger partial charge is 0.206 e. The molecule has 2 heterocycles. The molecule has 32 heavy (non-hydrogen) atoms. The molecule has 6 nitrogen and oxygen atoms in total. The van der Waals surface area contributed by atoms with Gasteiger partial charge in [-0.05, 0) is 48.9 Å². The molecule has 4 rings (SSSR count). The molecule has 1 aromatic heterocycles. The van der Waals surface area contributed by atoms with Crippen LogP contribution in [0.15, 0.2) is 30.3 Å². The number of aromatic nitrogens is 2. The lowest BCUT2D eigenvalue weighted by Crippen LogP contribution is -2.44. The van der Waals surface area contributed by atoms with Crippen LogP contribution in [0.5, 0.6) is 0 Å². The van der Waals surface area contributed by atoms with Gasteiger partial charge in [0.2, 0.25) is 5.95 Å². The van der Waals surface area contributed by atoms with Crippen molar-refractivity contribution in [3.05, 3.63) is 57.3 Å². The second-order valence-corrected chi connectivity index (χ2v) is 9.07. The van der Waals surface area contributed by atoms with Gasteiger partial charge in [0.05, 0.1) is 22.6 Å². The minimum absolute atomic E-state index is 0.111. The quantitative estimate of drug-likeness (QED) is 0.515. The van der Waals surface area contributed by atoms with Crippen molar-refractivity contribution >= 4 is 40.2 Å². The van der Waals surface area contributed by atoms with E-state index < -0.39 is 5.82 Å². The van der Waals surface area contributed by atoms with Crippen molar-refractivity contribution in [2.24, 2.45) is 0 Å². The van der Waals surface area contributed by atoms with Crippen LogP contribution in [0.25, 0.3) is 11.0 Å². The van der Waals surface area contributed by atoms with Crippen LogP contribution in [-0.2, 0) is 13.1 Å². The fourth-order valence-corrected chi connectivity index (χ4v) is 4.59. The number of aliphatic hydroxyl groups is 1. The molecular formula is C23H28Cl2FN5O. The van der Waals surface area contributed by atoms with Crippen molar-refractivity contribution in [2.75, 3.05) is 51.3 Å². The molecule has 9 heteroatoms. The first-order chi connectivity index (χ1) is 15.5. The van der Waals surface area contributed by atoms with Crippen molar-refractivity contribution in [2.45, 2.75) is 19.5 Å². The van der Waals surface area contributed by atoms with Crippen molar-refractivity contribution in [3.63, 3.8) is 0 Å². The topological polar surface area (TPSA) is 56.6 Å². The Morgan fingerprint density at radius 2 is 1.97 bits per heavy atom. The van der Waals surface area contributed by atoms with Crippen LogP contribution in [0.3, 0.4) is 0 Å². The minimum atomic E-state index is -0.426. The summed E-state index contributed by atoms with van der Waals surface area (Å²) >= 11 is 12.6. The first-order valence-corrected chi connectivity index (χ1v) is 11.6. The van der Waals surface area contributed by atoms with Gasteiger partial charge in [-0.15, -0.1) is 0 Å². The third-order valence-electron chi connectivity index (χ3n) is 5.74. The Morgan fingerprint density at radius 1 is 1.19 bits per heavy atom. The van der Waals surface area contributed by atoms with Crippen LogP contribution < -0.4 is 10.2 Å². The summed E-state index contributed by atoms with van der Waals surface area (Å²) in [6, 6.07) is 8.72. The Bertz CT molecular complexity index is 1080. The second kappa shape index (κ2) is 10.4. The molecule has 0 saturated carbocycles. The van der Waals surface area contributed by atoms with Crippen molar-refractivity contribution in [3.8, 4) is 0 Å². The van der Waals surface area contributed by atoms with Gasteiger partial charge in [0.15, 0.2) is 0 Å². The second-order valence-electron chi connectivity index (χ2n) is 8.23. The van der Waals surface area contributed by atoms with Gasteiger partial charge in [-0.25, -0.2) is 9.37 Å². The highest BCUT2D eigenvalue weighted by Gasteiger charge is 2.22. The molecule has 0 aliphatic carbocycles. The summed E-state index contributed by atoms with van der Waals surface area (Å²) in [5.74, 6) is 0.452. The summed E-state index contributed by atoms with van der Waals surface area (Å²) in [5.41, 5.74) is 3.79. The Balaban J connectivity index is 1.78. The molecule has 2 aromatic carbocycles. The number of fused-ring (bicyclic) bond motifs is 1. The molecule has 0 atom stereocenters. The summed E-state index contributed by atoms with van der Waals surface area (Å²) < 4.78 is 15.9. The summed E-state index contributed by atoms with van der Waals surface area (Å²) in [4.78, 5) is 9.50. The van der Waals surface area contributed by atoms with E-state index in [1.54, 1.807) is 12.1 Å². The van der Waals surface area contributed by atoms with E-state index in [0.29, 0.717) is 24.5 Å². The fourth-order valence-electron chi connectivity index (χ4n) is 4.16. The molecule has 2 N–H and O–H groups in total. The molecule has 0 amide bonds. The highest BCUT2D eigenvalue weighted by atomic mass is 35.5. The van der Waals surface area contributed by atoms with Gasteiger partial charge < -0.3 is 24.8 Å². The number of hydrogen-bond donors (Lipinski definition) is 2. The number of hydrogen-bond acceptors (Lipinski definition) is 5. The van der Waals surface area contributed by atoms with Gasteiger partial charge in [0.25, 0.3) is 0 Å². The molecule has 1 saturated heterocycles. The van der Waals surface area contributed by atoms with Crippen LogP contribution in [0.1, 0.15) is 17.5 Å². The maximum Gasteiger partial charge on any atom is 0.206 e. The van der Waals surface area contributed by atoms with Crippen LogP contribution in [0.2, 0.25) is 10.0 Å². The van der Waals surface area contributed by atoms with Gasteiger partial charge in [0.1, 0.15) is 5.82 Å². The number of piperazine rings is 1. The van der Waals surface area contributed by atoms with Gasteiger partial charge in [-0.1, -0.05) is 29.3 Å². The maximum atomic E-state index is 13.7. The summed E-state index contributed by atoms with van der Waals surface area (Å²) in [6.07, 6.45) is 0.714. The Hall–Kier alpha value is -1.90. The lowest BCUT2D eigenvalue weighted by Gasteiger charge is -2.29. The number of imidazole rings is 1. The largest absolute Gasteiger partial charge is 0.396 e. The summed E-state index contributed by atoms with van der Waals surface area (Å²) in [5, 5.41) is 13.3. The Labute approximate surface area is 197 Å². The molecule has 1 aliphatic heterocycles. The van der Waals surface area contributed by atoms with Crippen LogP contribution >= 0.6 is 23.2 Å². The number of halogens is 3. The highest BCUT2D eigenvalue weighted by Crippen LogP contribution is 2.31. The normalized spacial score (nSPS) is 14.6. The number of anilines is 1. The average Bonchev–Trinajstić information content (AvgIpc) is 3.14. The van der Waals surface area contributed by atoms with E-state index in [0.717, 1.165) is 60.8 Å². The van der Waals surface area contributed by atoms with Gasteiger partial charge >= 0.3 is 0 Å². The van der Waals surface area contributed by atoms with E-state index in [4.69, 9.17) is 33.3 Å². The first-order valence-electron chi connectivity index (χ1n) is 10.8. The van der Waals surface area contributed by atoms with E-state index in [1.165, 1.54) is 6.07 Å². The van der Waals surface area contributed by atoms with E-state index in [2.05, 4.69) is 19.7 Å². The summed E-state index contributed by atoms with van der Waals surface area (Å²) in [7, 11) is 2.02. The monoisotopic (exact) mass is 479 g/mol. The van der Waals surface area contributed by atoms with Gasteiger partial charge in [-0.3, -0.25) is 0 Å². The third kappa shape index (κ3) is 5.18. The maximum absolute atomic E-state index is 13.7.